The van der Waals surface area contributed by atoms with Gasteiger partial charge in [-0.15, -0.1) is 0 Å². The molecule has 0 aromatic heterocycles. The molecule has 0 spiro atoms. The van der Waals surface area contributed by atoms with Gasteiger partial charge in [-0.25, -0.2) is 0 Å². The van der Waals surface area contributed by atoms with Crippen molar-refractivity contribution in [3.05, 3.63) is 0 Å². The van der Waals surface area contributed by atoms with Crippen molar-refractivity contribution >= 4 is 0 Å². The van der Waals surface area contributed by atoms with Gasteiger partial charge >= 0.3 is 0 Å². The summed E-state index contributed by atoms with van der Waals surface area (Å²) in [5, 5.41) is 9.11. The lowest BCUT2D eigenvalue weighted by Crippen LogP contribution is -2.51. The Hall–Kier alpha value is -0.0800. The van der Waals surface area contributed by atoms with Crippen LogP contribution in [0.5, 0.6) is 0 Å². The summed E-state index contributed by atoms with van der Waals surface area (Å²) in [7, 11) is 2.31. The molecule has 1 heterocycles. The third kappa shape index (κ3) is 6.27. The van der Waals surface area contributed by atoms with Gasteiger partial charge in [0.05, 0.1) is 26.7 Å². The van der Waals surface area contributed by atoms with Crippen molar-refractivity contribution in [3.63, 3.8) is 0 Å². The topological polar surface area (TPSA) is 20.2 Å². The third-order valence-corrected chi connectivity index (χ3v) is 5.29. The number of likely N-dealkylation sites (N-methyl/N-ethyl adjacent to an activating group) is 1. The van der Waals surface area contributed by atoms with Gasteiger partial charge in [-0.1, -0.05) is 52.4 Å². The second kappa shape index (κ2) is 8.97. The number of aliphatic hydroxyl groups excluding tert-OH is 1. The highest BCUT2D eigenvalue weighted by molar-refractivity contribution is 4.66. The van der Waals surface area contributed by atoms with Gasteiger partial charge in [0.1, 0.15) is 6.54 Å². The van der Waals surface area contributed by atoms with E-state index in [1.54, 1.807) is 0 Å². The molecule has 2 heteroatoms. The van der Waals surface area contributed by atoms with Crippen LogP contribution in [0.4, 0.5) is 0 Å². The number of quaternary nitrogens is 1. The van der Waals surface area contributed by atoms with Gasteiger partial charge in [-0.3, -0.25) is 0 Å². The lowest BCUT2D eigenvalue weighted by molar-refractivity contribution is -0.915. The molecule has 114 valence electrons. The van der Waals surface area contributed by atoms with Gasteiger partial charge < -0.3 is 9.59 Å². The van der Waals surface area contributed by atoms with Crippen LogP contribution in [0.1, 0.15) is 65.2 Å². The Morgan fingerprint density at radius 2 is 1.84 bits per heavy atom. The number of likely N-dealkylation sites (tertiary alicyclic amines) is 1. The normalized spacial score (nSPS) is 29.4. The van der Waals surface area contributed by atoms with Gasteiger partial charge in [-0.2, -0.15) is 0 Å². The Morgan fingerprint density at radius 3 is 2.37 bits per heavy atom. The van der Waals surface area contributed by atoms with Crippen LogP contribution in [0.15, 0.2) is 0 Å². The molecule has 0 aromatic carbocycles. The lowest BCUT2D eigenvalue weighted by Gasteiger charge is -2.40. The largest absolute Gasteiger partial charge is 0.391 e. The zero-order valence-electron chi connectivity index (χ0n) is 13.5. The summed E-state index contributed by atoms with van der Waals surface area (Å²) in [6.07, 6.45) is 11.2. The Kier molecular flexibility index (Phi) is 8.01. The average molecular weight is 270 g/mol. The Morgan fingerprint density at radius 1 is 1.16 bits per heavy atom. The fourth-order valence-electron chi connectivity index (χ4n) is 3.65. The smallest absolute Gasteiger partial charge is 0.102 e. The van der Waals surface area contributed by atoms with Gasteiger partial charge in [0, 0.05) is 0 Å². The number of rotatable bonds is 9. The minimum Gasteiger partial charge on any atom is -0.391 e. The number of nitrogens with zero attached hydrogens (tertiary/aromatic N) is 1. The van der Waals surface area contributed by atoms with E-state index in [1.165, 1.54) is 64.5 Å². The van der Waals surface area contributed by atoms with E-state index in [0.717, 1.165) is 22.9 Å². The molecule has 1 atom stereocenters. The molecule has 0 amide bonds. The van der Waals surface area contributed by atoms with Crippen LogP contribution in [0, 0.1) is 11.8 Å². The van der Waals surface area contributed by atoms with E-state index in [4.69, 9.17) is 5.11 Å². The Bertz CT molecular complexity index is 221. The standard InChI is InChI=1S/C17H36NO/c1-4-7-16(5-2)8-6-9-17-10-12-18(3,13-11-17)14-15-19/h16-17,19H,4-15H2,1-3H3/q+1. The molecule has 1 saturated heterocycles. The van der Waals surface area contributed by atoms with E-state index < -0.39 is 0 Å². The number of aliphatic hydroxyl groups is 1. The molecule has 0 saturated carbocycles. The van der Waals surface area contributed by atoms with Gasteiger partial charge in [0.25, 0.3) is 0 Å². The van der Waals surface area contributed by atoms with Crippen molar-refractivity contribution in [2.24, 2.45) is 11.8 Å². The minimum atomic E-state index is 0.344. The summed E-state index contributed by atoms with van der Waals surface area (Å²) in [6, 6.07) is 0. The second-order valence-electron chi connectivity index (χ2n) is 6.95. The maximum Gasteiger partial charge on any atom is 0.102 e. The highest BCUT2D eigenvalue weighted by Gasteiger charge is 2.29. The maximum absolute atomic E-state index is 9.11. The molecule has 0 aromatic rings. The molecule has 0 aliphatic carbocycles. The lowest BCUT2D eigenvalue weighted by atomic mass is 9.87. The van der Waals surface area contributed by atoms with E-state index in [-0.39, 0.29) is 0 Å². The van der Waals surface area contributed by atoms with Crippen LogP contribution in [0.2, 0.25) is 0 Å². The third-order valence-electron chi connectivity index (χ3n) is 5.29. The van der Waals surface area contributed by atoms with Crippen LogP contribution in [0.25, 0.3) is 0 Å². The fraction of sp³-hybridized carbons (Fsp3) is 1.00. The highest BCUT2D eigenvalue weighted by Crippen LogP contribution is 2.27. The van der Waals surface area contributed by atoms with Crippen LogP contribution in [-0.4, -0.2) is 42.9 Å². The van der Waals surface area contributed by atoms with E-state index in [2.05, 4.69) is 20.9 Å². The quantitative estimate of drug-likeness (QED) is 0.631. The highest BCUT2D eigenvalue weighted by atomic mass is 16.3. The molecule has 1 N–H and O–H groups in total. The molecular formula is C17H36NO+. The molecule has 1 fully saturated rings. The van der Waals surface area contributed by atoms with Crippen molar-refractivity contribution in [2.75, 3.05) is 33.3 Å². The predicted molar refractivity (Wildman–Crippen MR) is 83.1 cm³/mol. The van der Waals surface area contributed by atoms with E-state index in [0.29, 0.717) is 6.61 Å². The number of hydrogen-bond donors (Lipinski definition) is 1. The Balaban J connectivity index is 2.15. The van der Waals surface area contributed by atoms with Gasteiger partial charge in [-0.05, 0) is 24.7 Å². The molecule has 1 aliphatic heterocycles. The second-order valence-corrected chi connectivity index (χ2v) is 6.95. The van der Waals surface area contributed by atoms with Crippen LogP contribution < -0.4 is 0 Å². The molecule has 1 unspecified atom stereocenters. The molecular weight excluding hydrogens is 234 g/mol. The average Bonchev–Trinajstić information content (AvgIpc) is 2.40. The SMILES string of the molecule is CCCC(CC)CCCC1CC[N+](C)(CCO)CC1. The van der Waals surface area contributed by atoms with Crippen LogP contribution in [-0.2, 0) is 0 Å². The van der Waals surface area contributed by atoms with E-state index in [1.807, 2.05) is 0 Å². The van der Waals surface area contributed by atoms with Crippen molar-refractivity contribution in [3.8, 4) is 0 Å². The van der Waals surface area contributed by atoms with Crippen molar-refractivity contribution in [1.82, 2.24) is 0 Å². The summed E-state index contributed by atoms with van der Waals surface area (Å²) in [5.74, 6) is 1.94. The monoisotopic (exact) mass is 270 g/mol. The van der Waals surface area contributed by atoms with Gasteiger partial charge in [0.2, 0.25) is 0 Å². The summed E-state index contributed by atoms with van der Waals surface area (Å²) in [6.45, 7) is 8.49. The first kappa shape index (κ1) is 17.0. The first-order valence-corrected chi connectivity index (χ1v) is 8.58. The van der Waals surface area contributed by atoms with Crippen molar-refractivity contribution < 1.29 is 9.59 Å². The fourth-order valence-corrected chi connectivity index (χ4v) is 3.65. The van der Waals surface area contributed by atoms with Crippen LogP contribution >= 0.6 is 0 Å². The minimum absolute atomic E-state index is 0.344. The predicted octanol–water partition coefficient (Wildman–Crippen LogP) is 3.83. The molecule has 0 bridgehead atoms. The first-order chi connectivity index (χ1) is 9.13. The van der Waals surface area contributed by atoms with E-state index in [9.17, 15) is 0 Å². The zero-order valence-corrected chi connectivity index (χ0v) is 13.5. The molecule has 1 aliphatic rings. The van der Waals surface area contributed by atoms with Crippen molar-refractivity contribution in [1.29, 1.82) is 0 Å². The Labute approximate surface area is 120 Å². The maximum atomic E-state index is 9.11. The summed E-state index contributed by atoms with van der Waals surface area (Å²) >= 11 is 0. The first-order valence-electron chi connectivity index (χ1n) is 8.58. The van der Waals surface area contributed by atoms with Crippen LogP contribution in [0.3, 0.4) is 0 Å². The number of hydrogen-bond acceptors (Lipinski definition) is 1. The zero-order chi connectivity index (χ0) is 14.1. The molecule has 1 rings (SSSR count). The van der Waals surface area contributed by atoms with E-state index >= 15 is 0 Å². The summed E-state index contributed by atoms with van der Waals surface area (Å²) in [4.78, 5) is 0. The molecule has 2 nitrogen and oxygen atoms in total. The summed E-state index contributed by atoms with van der Waals surface area (Å²) < 4.78 is 1.10. The van der Waals surface area contributed by atoms with Gasteiger partial charge in [0.15, 0.2) is 0 Å². The molecule has 0 radical (unpaired) electrons. The molecule has 19 heavy (non-hydrogen) atoms. The van der Waals surface area contributed by atoms with Crippen molar-refractivity contribution in [2.45, 2.75) is 65.2 Å². The summed E-state index contributed by atoms with van der Waals surface area (Å²) in [5.41, 5.74) is 0. The number of piperidine rings is 1.